The summed E-state index contributed by atoms with van der Waals surface area (Å²) < 4.78 is 6.51. The van der Waals surface area contributed by atoms with E-state index in [0.717, 1.165) is 15.6 Å². The lowest BCUT2D eigenvalue weighted by Gasteiger charge is -2.07. The molecule has 0 bridgehead atoms. The van der Waals surface area contributed by atoms with Crippen LogP contribution in [0.5, 0.6) is 0 Å². The molecule has 1 aromatic heterocycles. The summed E-state index contributed by atoms with van der Waals surface area (Å²) in [5.74, 6) is 0.515. The zero-order chi connectivity index (χ0) is 12.1. The Kier molecular flexibility index (Phi) is 4.12. The van der Waals surface area contributed by atoms with Crippen LogP contribution in [0.25, 0.3) is 0 Å². The number of nitrogen functional groups attached to an aromatic ring is 1. The number of ether oxygens (including phenoxy) is 1. The quantitative estimate of drug-likeness (QED) is 0.942. The van der Waals surface area contributed by atoms with Crippen LogP contribution in [-0.4, -0.2) is 4.98 Å². The summed E-state index contributed by atoms with van der Waals surface area (Å²) >= 11 is 3.36. The molecule has 2 aromatic rings. The van der Waals surface area contributed by atoms with Gasteiger partial charge in [0.05, 0.1) is 13.2 Å². The Bertz CT molecular complexity index is 488. The average molecular weight is 293 g/mol. The van der Waals surface area contributed by atoms with Gasteiger partial charge >= 0.3 is 0 Å². The predicted molar refractivity (Wildman–Crippen MR) is 71.3 cm³/mol. The van der Waals surface area contributed by atoms with E-state index in [4.69, 9.17) is 10.5 Å². The number of hydrogen-bond donors (Lipinski definition) is 1. The highest BCUT2D eigenvalue weighted by molar-refractivity contribution is 9.10. The van der Waals surface area contributed by atoms with Gasteiger partial charge in [-0.2, -0.15) is 0 Å². The second-order valence-corrected chi connectivity index (χ2v) is 4.59. The zero-order valence-corrected chi connectivity index (χ0v) is 10.9. The smallest absolute Gasteiger partial charge is 0.128 e. The minimum Gasteiger partial charge on any atom is -0.383 e. The Labute approximate surface area is 109 Å². The first kappa shape index (κ1) is 12.1. The summed E-state index contributed by atoms with van der Waals surface area (Å²) in [5.41, 5.74) is 7.80. The van der Waals surface area contributed by atoms with E-state index in [1.165, 1.54) is 0 Å². The molecule has 0 radical (unpaired) electrons. The Morgan fingerprint density at radius 2 is 1.94 bits per heavy atom. The van der Waals surface area contributed by atoms with Crippen LogP contribution >= 0.6 is 15.9 Å². The monoisotopic (exact) mass is 292 g/mol. The first-order valence-electron chi connectivity index (χ1n) is 5.27. The molecule has 0 saturated heterocycles. The largest absolute Gasteiger partial charge is 0.383 e. The minimum atomic E-state index is 0.465. The van der Waals surface area contributed by atoms with Gasteiger partial charge < -0.3 is 10.5 Å². The van der Waals surface area contributed by atoms with Crippen molar-refractivity contribution in [1.29, 1.82) is 0 Å². The molecule has 0 fully saturated rings. The van der Waals surface area contributed by atoms with E-state index in [2.05, 4.69) is 20.9 Å². The van der Waals surface area contributed by atoms with Crippen LogP contribution in [0, 0.1) is 0 Å². The SMILES string of the molecule is Nc1ncc(Br)cc1COCc1ccccc1. The molecule has 0 aliphatic carbocycles. The van der Waals surface area contributed by atoms with Crippen molar-refractivity contribution in [3.8, 4) is 0 Å². The lowest BCUT2D eigenvalue weighted by Crippen LogP contribution is -2.00. The maximum atomic E-state index is 5.76. The molecular weight excluding hydrogens is 280 g/mol. The average Bonchev–Trinajstić information content (AvgIpc) is 2.35. The molecule has 4 heteroatoms. The summed E-state index contributed by atoms with van der Waals surface area (Å²) in [4.78, 5) is 4.06. The highest BCUT2D eigenvalue weighted by Gasteiger charge is 2.02. The number of rotatable bonds is 4. The maximum Gasteiger partial charge on any atom is 0.128 e. The van der Waals surface area contributed by atoms with E-state index >= 15 is 0 Å². The van der Waals surface area contributed by atoms with Crippen molar-refractivity contribution in [1.82, 2.24) is 4.98 Å². The fourth-order valence-electron chi connectivity index (χ4n) is 1.46. The van der Waals surface area contributed by atoms with Gasteiger partial charge in [-0.05, 0) is 27.6 Å². The number of anilines is 1. The fraction of sp³-hybridized carbons (Fsp3) is 0.154. The third-order valence-electron chi connectivity index (χ3n) is 2.34. The Balaban J connectivity index is 1.92. The van der Waals surface area contributed by atoms with Crippen LogP contribution in [0.1, 0.15) is 11.1 Å². The van der Waals surface area contributed by atoms with Gasteiger partial charge in [-0.15, -0.1) is 0 Å². The summed E-state index contributed by atoms with van der Waals surface area (Å²) in [6.07, 6.45) is 1.68. The van der Waals surface area contributed by atoms with Gasteiger partial charge in [-0.1, -0.05) is 30.3 Å². The van der Waals surface area contributed by atoms with Gasteiger partial charge in [0.1, 0.15) is 5.82 Å². The van der Waals surface area contributed by atoms with Crippen molar-refractivity contribution in [3.05, 3.63) is 58.2 Å². The number of aromatic nitrogens is 1. The standard InChI is InChI=1S/C13H13BrN2O/c14-12-6-11(13(15)16-7-12)9-17-8-10-4-2-1-3-5-10/h1-7H,8-9H2,(H2,15,16). The van der Waals surface area contributed by atoms with Crippen molar-refractivity contribution in [2.45, 2.75) is 13.2 Å². The number of nitrogens with zero attached hydrogens (tertiary/aromatic N) is 1. The summed E-state index contributed by atoms with van der Waals surface area (Å²) in [7, 11) is 0. The van der Waals surface area contributed by atoms with Crippen LogP contribution in [0.2, 0.25) is 0 Å². The van der Waals surface area contributed by atoms with E-state index < -0.39 is 0 Å². The molecule has 88 valence electrons. The summed E-state index contributed by atoms with van der Waals surface area (Å²) in [6.45, 7) is 1.04. The van der Waals surface area contributed by atoms with Crippen molar-refractivity contribution >= 4 is 21.7 Å². The maximum absolute atomic E-state index is 5.76. The molecule has 3 nitrogen and oxygen atoms in total. The van der Waals surface area contributed by atoms with Crippen molar-refractivity contribution < 1.29 is 4.74 Å². The first-order chi connectivity index (χ1) is 8.25. The summed E-state index contributed by atoms with van der Waals surface area (Å²) in [5, 5.41) is 0. The van der Waals surface area contributed by atoms with Crippen LogP contribution in [-0.2, 0) is 18.0 Å². The molecular formula is C13H13BrN2O. The number of nitrogens with two attached hydrogens (primary N) is 1. The highest BCUT2D eigenvalue weighted by atomic mass is 79.9. The third-order valence-corrected chi connectivity index (χ3v) is 2.77. The molecule has 0 spiro atoms. The number of halogens is 1. The van der Waals surface area contributed by atoms with Gasteiger partial charge in [-0.25, -0.2) is 4.98 Å². The zero-order valence-electron chi connectivity index (χ0n) is 9.27. The molecule has 2 N–H and O–H groups in total. The van der Waals surface area contributed by atoms with Crippen molar-refractivity contribution in [3.63, 3.8) is 0 Å². The lowest BCUT2D eigenvalue weighted by molar-refractivity contribution is 0.107. The Morgan fingerprint density at radius 1 is 1.18 bits per heavy atom. The van der Waals surface area contributed by atoms with Crippen LogP contribution in [0.4, 0.5) is 5.82 Å². The number of pyridine rings is 1. The van der Waals surface area contributed by atoms with Crippen LogP contribution in [0.3, 0.4) is 0 Å². The minimum absolute atomic E-state index is 0.465. The summed E-state index contributed by atoms with van der Waals surface area (Å²) in [6, 6.07) is 12.0. The van der Waals surface area contributed by atoms with Gasteiger partial charge in [-0.3, -0.25) is 0 Å². The molecule has 0 amide bonds. The van der Waals surface area contributed by atoms with Gasteiger partial charge in [0.15, 0.2) is 0 Å². The number of hydrogen-bond acceptors (Lipinski definition) is 3. The van der Waals surface area contributed by atoms with E-state index in [1.54, 1.807) is 6.20 Å². The van der Waals surface area contributed by atoms with Crippen molar-refractivity contribution in [2.24, 2.45) is 0 Å². The van der Waals surface area contributed by atoms with E-state index in [0.29, 0.717) is 19.0 Å². The molecule has 0 saturated carbocycles. The molecule has 2 rings (SSSR count). The van der Waals surface area contributed by atoms with Gasteiger partial charge in [0.2, 0.25) is 0 Å². The Hall–Kier alpha value is -1.39. The second-order valence-electron chi connectivity index (χ2n) is 3.68. The molecule has 17 heavy (non-hydrogen) atoms. The molecule has 1 aromatic carbocycles. The molecule has 0 atom stereocenters. The van der Waals surface area contributed by atoms with Crippen LogP contribution in [0.15, 0.2) is 47.1 Å². The molecule has 0 unspecified atom stereocenters. The highest BCUT2D eigenvalue weighted by Crippen LogP contribution is 2.16. The molecule has 0 aliphatic heterocycles. The molecule has 1 heterocycles. The Morgan fingerprint density at radius 3 is 2.71 bits per heavy atom. The van der Waals surface area contributed by atoms with E-state index in [9.17, 15) is 0 Å². The predicted octanol–water partition coefficient (Wildman–Crippen LogP) is 3.14. The lowest BCUT2D eigenvalue weighted by atomic mass is 10.2. The van der Waals surface area contributed by atoms with Crippen LogP contribution < -0.4 is 5.73 Å². The normalized spacial score (nSPS) is 10.4. The fourth-order valence-corrected chi connectivity index (χ4v) is 1.84. The topological polar surface area (TPSA) is 48.1 Å². The van der Waals surface area contributed by atoms with Crippen molar-refractivity contribution in [2.75, 3.05) is 5.73 Å². The van der Waals surface area contributed by atoms with Gasteiger partial charge in [0.25, 0.3) is 0 Å². The second kappa shape index (κ2) is 5.80. The third kappa shape index (κ3) is 3.54. The van der Waals surface area contributed by atoms with E-state index in [1.807, 2.05) is 36.4 Å². The first-order valence-corrected chi connectivity index (χ1v) is 6.06. The van der Waals surface area contributed by atoms with E-state index in [-0.39, 0.29) is 0 Å². The molecule has 0 aliphatic rings. The van der Waals surface area contributed by atoms with Gasteiger partial charge in [0, 0.05) is 16.2 Å². The number of benzene rings is 1.